The first kappa shape index (κ1) is 11.4. The number of rotatable bonds is 2. The van der Waals surface area contributed by atoms with Crippen LogP contribution < -0.4 is 4.90 Å². The van der Waals surface area contributed by atoms with Gasteiger partial charge in [0, 0.05) is 23.5 Å². The molecule has 4 heteroatoms. The number of carbonyl (C=O) groups excluding carboxylic acids is 1. The van der Waals surface area contributed by atoms with Gasteiger partial charge in [-0.1, -0.05) is 28.1 Å². The standard InChI is InChI=1S/C12H12BrNO2/c1-3-6-12(16)9-5-4-8(13)7-10(9)14(2)11(12)15/h3-5,7,16H,1,6H2,2H3/t12-/m0/s1. The molecular weight excluding hydrogens is 270 g/mol. The molecule has 1 aromatic carbocycles. The summed E-state index contributed by atoms with van der Waals surface area (Å²) in [6.45, 7) is 3.58. The molecule has 0 unspecified atom stereocenters. The van der Waals surface area contributed by atoms with Gasteiger partial charge in [-0.05, 0) is 12.1 Å². The van der Waals surface area contributed by atoms with Crippen molar-refractivity contribution in [3.63, 3.8) is 0 Å². The van der Waals surface area contributed by atoms with Crippen LogP contribution in [0.5, 0.6) is 0 Å². The van der Waals surface area contributed by atoms with Gasteiger partial charge in [0.25, 0.3) is 5.91 Å². The van der Waals surface area contributed by atoms with Crippen LogP contribution in [0.1, 0.15) is 12.0 Å². The molecular formula is C12H12BrNO2. The Kier molecular flexibility index (Phi) is 2.64. The van der Waals surface area contributed by atoms with Crippen LogP contribution >= 0.6 is 15.9 Å². The van der Waals surface area contributed by atoms with Crippen LogP contribution in [0.25, 0.3) is 0 Å². The molecule has 1 aliphatic rings. The Morgan fingerprint density at radius 2 is 2.31 bits per heavy atom. The molecule has 0 bridgehead atoms. The average Bonchev–Trinajstić information content (AvgIpc) is 2.42. The molecule has 1 aromatic rings. The van der Waals surface area contributed by atoms with Gasteiger partial charge in [-0.2, -0.15) is 0 Å². The summed E-state index contributed by atoms with van der Waals surface area (Å²) in [4.78, 5) is 13.5. The Labute approximate surface area is 103 Å². The third-order valence-electron chi connectivity index (χ3n) is 2.86. The lowest BCUT2D eigenvalue weighted by Gasteiger charge is -2.19. The molecule has 16 heavy (non-hydrogen) atoms. The first-order valence-electron chi connectivity index (χ1n) is 4.92. The van der Waals surface area contributed by atoms with Crippen LogP contribution in [0.3, 0.4) is 0 Å². The van der Waals surface area contributed by atoms with Crippen molar-refractivity contribution in [2.45, 2.75) is 12.0 Å². The van der Waals surface area contributed by atoms with Gasteiger partial charge in [0.15, 0.2) is 5.60 Å². The van der Waals surface area contributed by atoms with E-state index in [4.69, 9.17) is 0 Å². The zero-order valence-corrected chi connectivity index (χ0v) is 10.5. The Hall–Kier alpha value is -1.13. The molecule has 0 aromatic heterocycles. The second-order valence-electron chi connectivity index (χ2n) is 3.88. The molecule has 0 saturated carbocycles. The second kappa shape index (κ2) is 3.71. The minimum Gasteiger partial charge on any atom is -0.375 e. The average molecular weight is 282 g/mol. The lowest BCUT2D eigenvalue weighted by molar-refractivity contribution is -0.135. The molecule has 0 radical (unpaired) electrons. The summed E-state index contributed by atoms with van der Waals surface area (Å²) in [5.41, 5.74) is -0.0705. The second-order valence-corrected chi connectivity index (χ2v) is 4.79. The van der Waals surface area contributed by atoms with Crippen LogP contribution in [0.4, 0.5) is 5.69 Å². The summed E-state index contributed by atoms with van der Waals surface area (Å²) in [5, 5.41) is 10.4. The van der Waals surface area contributed by atoms with Crippen molar-refractivity contribution in [2.75, 3.05) is 11.9 Å². The fourth-order valence-electron chi connectivity index (χ4n) is 2.04. The van der Waals surface area contributed by atoms with Crippen LogP contribution in [0.2, 0.25) is 0 Å². The van der Waals surface area contributed by atoms with Crippen LogP contribution in [-0.2, 0) is 10.4 Å². The largest absolute Gasteiger partial charge is 0.375 e. The zero-order chi connectivity index (χ0) is 11.9. The Bertz CT molecular complexity index is 472. The fraction of sp³-hybridized carbons (Fsp3) is 0.250. The van der Waals surface area contributed by atoms with E-state index in [0.29, 0.717) is 5.56 Å². The number of hydrogen-bond acceptors (Lipinski definition) is 2. The zero-order valence-electron chi connectivity index (χ0n) is 8.90. The highest BCUT2D eigenvalue weighted by Crippen LogP contribution is 2.42. The van der Waals surface area contributed by atoms with Crippen LogP contribution in [0, 0.1) is 0 Å². The van der Waals surface area contributed by atoms with Gasteiger partial charge in [0.1, 0.15) is 0 Å². The molecule has 0 spiro atoms. The summed E-state index contributed by atoms with van der Waals surface area (Å²) < 4.78 is 0.883. The lowest BCUT2D eigenvalue weighted by Crippen LogP contribution is -2.38. The number of hydrogen-bond donors (Lipinski definition) is 1. The van der Waals surface area contributed by atoms with Crippen molar-refractivity contribution in [3.8, 4) is 0 Å². The number of fused-ring (bicyclic) bond motifs is 1. The third kappa shape index (κ3) is 1.41. The van der Waals surface area contributed by atoms with E-state index in [1.807, 2.05) is 12.1 Å². The predicted octanol–water partition coefficient (Wildman–Crippen LogP) is 2.19. The summed E-state index contributed by atoms with van der Waals surface area (Å²) in [6.07, 6.45) is 1.79. The highest BCUT2D eigenvalue weighted by atomic mass is 79.9. The minimum absolute atomic E-state index is 0.227. The number of halogens is 1. The highest BCUT2D eigenvalue weighted by molar-refractivity contribution is 9.10. The third-order valence-corrected chi connectivity index (χ3v) is 3.36. The van der Waals surface area contributed by atoms with Gasteiger partial charge in [0.05, 0.1) is 5.69 Å². The monoisotopic (exact) mass is 281 g/mol. The van der Waals surface area contributed by atoms with Crippen molar-refractivity contribution < 1.29 is 9.90 Å². The van der Waals surface area contributed by atoms with Crippen molar-refractivity contribution in [1.29, 1.82) is 0 Å². The summed E-state index contributed by atoms with van der Waals surface area (Å²) in [7, 11) is 1.66. The predicted molar refractivity (Wildman–Crippen MR) is 66.3 cm³/mol. The van der Waals surface area contributed by atoms with Crippen molar-refractivity contribution >= 4 is 27.5 Å². The number of aliphatic hydroxyl groups is 1. The highest BCUT2D eigenvalue weighted by Gasteiger charge is 2.47. The first-order valence-corrected chi connectivity index (χ1v) is 5.71. The van der Waals surface area contributed by atoms with Gasteiger partial charge in [-0.15, -0.1) is 6.58 Å². The van der Waals surface area contributed by atoms with Gasteiger partial charge in [0.2, 0.25) is 0 Å². The van der Waals surface area contributed by atoms with Crippen molar-refractivity contribution in [3.05, 3.63) is 40.9 Å². The lowest BCUT2D eigenvalue weighted by atomic mass is 9.92. The van der Waals surface area contributed by atoms with E-state index >= 15 is 0 Å². The number of nitrogens with zero attached hydrogens (tertiary/aromatic N) is 1. The summed E-state index contributed by atoms with van der Waals surface area (Å²) >= 11 is 3.35. The summed E-state index contributed by atoms with van der Waals surface area (Å²) in [6, 6.07) is 5.41. The minimum atomic E-state index is -1.45. The van der Waals surface area contributed by atoms with Gasteiger partial charge < -0.3 is 10.0 Å². The summed E-state index contributed by atoms with van der Waals surface area (Å²) in [5.74, 6) is -0.305. The maximum Gasteiger partial charge on any atom is 0.263 e. The van der Waals surface area contributed by atoms with Crippen LogP contribution in [-0.4, -0.2) is 18.1 Å². The van der Waals surface area contributed by atoms with E-state index in [9.17, 15) is 9.90 Å². The molecule has 1 atom stereocenters. The van der Waals surface area contributed by atoms with E-state index in [1.54, 1.807) is 19.2 Å². The number of carbonyl (C=O) groups is 1. The van der Waals surface area contributed by atoms with Gasteiger partial charge in [-0.3, -0.25) is 4.79 Å². The Balaban J connectivity index is 2.62. The maximum atomic E-state index is 12.0. The molecule has 0 fully saturated rings. The molecule has 0 saturated heterocycles. The molecule has 84 valence electrons. The van der Waals surface area contributed by atoms with Crippen molar-refractivity contribution in [2.24, 2.45) is 0 Å². The Morgan fingerprint density at radius 3 is 2.94 bits per heavy atom. The van der Waals surface area contributed by atoms with Crippen molar-refractivity contribution in [1.82, 2.24) is 0 Å². The molecule has 0 aliphatic carbocycles. The van der Waals surface area contributed by atoms with Gasteiger partial charge in [-0.25, -0.2) is 0 Å². The van der Waals surface area contributed by atoms with E-state index in [0.717, 1.165) is 10.2 Å². The topological polar surface area (TPSA) is 40.5 Å². The molecule has 1 heterocycles. The number of amides is 1. The van der Waals surface area contributed by atoms with Crippen LogP contribution in [0.15, 0.2) is 35.3 Å². The van der Waals surface area contributed by atoms with E-state index in [-0.39, 0.29) is 12.3 Å². The fourth-order valence-corrected chi connectivity index (χ4v) is 2.39. The number of likely N-dealkylation sites (N-methyl/N-ethyl adjacent to an activating group) is 1. The van der Waals surface area contributed by atoms with E-state index < -0.39 is 5.60 Å². The SMILES string of the molecule is C=CC[C@@]1(O)C(=O)N(C)c2cc(Br)ccc21. The number of benzene rings is 1. The Morgan fingerprint density at radius 1 is 1.62 bits per heavy atom. The smallest absolute Gasteiger partial charge is 0.263 e. The molecule has 3 nitrogen and oxygen atoms in total. The van der Waals surface area contributed by atoms with Gasteiger partial charge >= 0.3 is 0 Å². The number of anilines is 1. The quantitative estimate of drug-likeness (QED) is 0.845. The normalized spacial score (nSPS) is 23.4. The first-order chi connectivity index (χ1) is 7.50. The molecule has 2 rings (SSSR count). The molecule has 1 aliphatic heterocycles. The van der Waals surface area contributed by atoms with E-state index in [2.05, 4.69) is 22.5 Å². The maximum absolute atomic E-state index is 12.0. The molecule has 1 N–H and O–H groups in total. The molecule has 1 amide bonds. The van der Waals surface area contributed by atoms with E-state index in [1.165, 1.54) is 4.90 Å².